The average Bonchev–Trinajstić information content (AvgIpc) is 2.65. The predicted molar refractivity (Wildman–Crippen MR) is 62.3 cm³/mol. The Hall–Kier alpha value is -0.430. The molecule has 0 spiro atoms. The summed E-state index contributed by atoms with van der Waals surface area (Å²) in [6, 6.07) is 1.59. The van der Waals surface area contributed by atoms with E-state index in [1.165, 1.54) is 15.6 Å². The van der Waals surface area contributed by atoms with Crippen molar-refractivity contribution >= 4 is 21.4 Å². The molecule has 0 atom stereocenters. The van der Waals surface area contributed by atoms with E-state index in [4.69, 9.17) is 5.73 Å². The summed E-state index contributed by atoms with van der Waals surface area (Å²) in [5.41, 5.74) is 6.30. The van der Waals surface area contributed by atoms with Crippen LogP contribution in [0.2, 0.25) is 0 Å². The highest BCUT2D eigenvalue weighted by Crippen LogP contribution is 2.23. The fourth-order valence-electron chi connectivity index (χ4n) is 1.01. The molecule has 0 saturated heterocycles. The second-order valence-corrected chi connectivity index (χ2v) is 6.73. The van der Waals surface area contributed by atoms with Crippen molar-refractivity contribution in [1.29, 1.82) is 0 Å². The molecule has 15 heavy (non-hydrogen) atoms. The van der Waals surface area contributed by atoms with Gasteiger partial charge in [-0.15, -0.1) is 11.3 Å². The zero-order chi connectivity index (χ0) is 11.6. The third kappa shape index (κ3) is 2.57. The van der Waals surface area contributed by atoms with E-state index in [1.54, 1.807) is 18.5 Å². The highest BCUT2D eigenvalue weighted by molar-refractivity contribution is 7.91. The van der Waals surface area contributed by atoms with Crippen molar-refractivity contribution in [1.82, 2.24) is 4.31 Å². The van der Waals surface area contributed by atoms with Gasteiger partial charge in [-0.3, -0.25) is 0 Å². The standard InChI is InChI=1S/C9H16N2O2S2/c1-7(2)11(3)15(12,13)9-4-8(5-10)6-14-9/h4,6-7H,5,10H2,1-3H3. The highest BCUT2D eigenvalue weighted by Gasteiger charge is 2.24. The van der Waals surface area contributed by atoms with Gasteiger partial charge < -0.3 is 5.73 Å². The van der Waals surface area contributed by atoms with Crippen molar-refractivity contribution in [3.63, 3.8) is 0 Å². The van der Waals surface area contributed by atoms with E-state index in [2.05, 4.69) is 0 Å². The third-order valence-electron chi connectivity index (χ3n) is 2.23. The molecule has 0 unspecified atom stereocenters. The van der Waals surface area contributed by atoms with E-state index in [-0.39, 0.29) is 6.04 Å². The Morgan fingerprint density at radius 2 is 2.13 bits per heavy atom. The van der Waals surface area contributed by atoms with Gasteiger partial charge in [-0.1, -0.05) is 0 Å². The first kappa shape index (κ1) is 12.6. The van der Waals surface area contributed by atoms with Gasteiger partial charge in [0.25, 0.3) is 10.0 Å². The van der Waals surface area contributed by atoms with Crippen molar-refractivity contribution in [2.45, 2.75) is 30.6 Å². The maximum Gasteiger partial charge on any atom is 0.252 e. The molecule has 1 rings (SSSR count). The average molecular weight is 248 g/mol. The van der Waals surface area contributed by atoms with E-state index in [1.807, 2.05) is 13.8 Å². The Kier molecular flexibility index (Phi) is 3.88. The van der Waals surface area contributed by atoms with Gasteiger partial charge in [0.05, 0.1) is 0 Å². The third-order valence-corrected chi connectivity index (χ3v) is 5.72. The Morgan fingerprint density at radius 1 is 1.53 bits per heavy atom. The van der Waals surface area contributed by atoms with Gasteiger partial charge in [0, 0.05) is 19.6 Å². The van der Waals surface area contributed by atoms with Crippen LogP contribution in [0.1, 0.15) is 19.4 Å². The lowest BCUT2D eigenvalue weighted by atomic mass is 10.4. The molecule has 1 aromatic heterocycles. The molecule has 2 N–H and O–H groups in total. The summed E-state index contributed by atoms with van der Waals surface area (Å²) in [4.78, 5) is 0. The highest BCUT2D eigenvalue weighted by atomic mass is 32.2. The van der Waals surface area contributed by atoms with Gasteiger partial charge in [-0.05, 0) is 30.9 Å². The second kappa shape index (κ2) is 4.61. The molecular weight excluding hydrogens is 232 g/mol. The maximum atomic E-state index is 12.0. The Labute approximate surface area is 94.8 Å². The summed E-state index contributed by atoms with van der Waals surface area (Å²) in [5.74, 6) is 0. The number of hydrogen-bond acceptors (Lipinski definition) is 4. The number of nitrogens with zero attached hydrogens (tertiary/aromatic N) is 1. The fourth-order valence-corrected chi connectivity index (χ4v) is 3.79. The van der Waals surface area contributed by atoms with Crippen molar-refractivity contribution in [2.75, 3.05) is 7.05 Å². The van der Waals surface area contributed by atoms with Crippen molar-refractivity contribution in [3.05, 3.63) is 17.0 Å². The van der Waals surface area contributed by atoms with Crippen molar-refractivity contribution < 1.29 is 8.42 Å². The molecule has 0 aliphatic heterocycles. The van der Waals surface area contributed by atoms with Gasteiger partial charge in [0.15, 0.2) is 0 Å². The van der Waals surface area contributed by atoms with Crippen molar-refractivity contribution in [3.8, 4) is 0 Å². The smallest absolute Gasteiger partial charge is 0.252 e. The first-order valence-electron chi connectivity index (χ1n) is 4.65. The molecule has 0 aliphatic carbocycles. The van der Waals surface area contributed by atoms with Crippen LogP contribution in [0.3, 0.4) is 0 Å². The van der Waals surface area contributed by atoms with E-state index >= 15 is 0 Å². The number of nitrogens with two attached hydrogens (primary N) is 1. The minimum Gasteiger partial charge on any atom is -0.326 e. The number of rotatable bonds is 4. The van der Waals surface area contributed by atoms with Crippen LogP contribution in [0.25, 0.3) is 0 Å². The van der Waals surface area contributed by atoms with E-state index in [9.17, 15) is 8.42 Å². The lowest BCUT2D eigenvalue weighted by Crippen LogP contribution is -2.32. The minimum atomic E-state index is -3.33. The van der Waals surface area contributed by atoms with Gasteiger partial charge >= 0.3 is 0 Å². The summed E-state index contributed by atoms with van der Waals surface area (Å²) < 4.78 is 25.7. The normalized spacial score (nSPS) is 12.7. The molecule has 0 radical (unpaired) electrons. The van der Waals surface area contributed by atoms with Crippen LogP contribution >= 0.6 is 11.3 Å². The summed E-state index contributed by atoms with van der Waals surface area (Å²) in [6.07, 6.45) is 0. The molecule has 1 aromatic rings. The van der Waals surface area contributed by atoms with Crippen molar-refractivity contribution in [2.24, 2.45) is 5.73 Å². The molecule has 0 fully saturated rings. The van der Waals surface area contributed by atoms with E-state index in [0.717, 1.165) is 5.56 Å². The summed E-state index contributed by atoms with van der Waals surface area (Å²) in [6.45, 7) is 4.06. The molecule has 86 valence electrons. The first-order valence-corrected chi connectivity index (χ1v) is 6.97. The number of thiophene rings is 1. The van der Waals surface area contributed by atoms with E-state index in [0.29, 0.717) is 10.8 Å². The van der Waals surface area contributed by atoms with E-state index < -0.39 is 10.0 Å². The maximum absolute atomic E-state index is 12.0. The van der Waals surface area contributed by atoms with Crippen LogP contribution in [-0.4, -0.2) is 25.8 Å². The number of hydrogen-bond donors (Lipinski definition) is 1. The Balaban J connectivity index is 3.06. The lowest BCUT2D eigenvalue weighted by molar-refractivity contribution is 0.412. The first-order chi connectivity index (χ1) is 6.89. The fraction of sp³-hybridized carbons (Fsp3) is 0.556. The molecule has 6 heteroatoms. The van der Waals surface area contributed by atoms with Crippen LogP contribution in [-0.2, 0) is 16.6 Å². The van der Waals surface area contributed by atoms with Crippen LogP contribution in [0.4, 0.5) is 0 Å². The van der Waals surface area contributed by atoms with Gasteiger partial charge in [-0.2, -0.15) is 4.31 Å². The molecule has 0 saturated carbocycles. The van der Waals surface area contributed by atoms with Gasteiger partial charge in [0.2, 0.25) is 0 Å². The lowest BCUT2D eigenvalue weighted by Gasteiger charge is -2.19. The SMILES string of the molecule is CC(C)N(C)S(=O)(=O)c1cc(CN)cs1. The molecule has 0 aliphatic rings. The van der Waals surface area contributed by atoms with Gasteiger partial charge in [0.1, 0.15) is 4.21 Å². The largest absolute Gasteiger partial charge is 0.326 e. The molecule has 4 nitrogen and oxygen atoms in total. The van der Waals surface area contributed by atoms with Crippen LogP contribution in [0.5, 0.6) is 0 Å². The molecule has 0 bridgehead atoms. The number of sulfonamides is 1. The quantitative estimate of drug-likeness (QED) is 0.872. The Morgan fingerprint density at radius 3 is 2.53 bits per heavy atom. The molecule has 0 amide bonds. The predicted octanol–water partition coefficient (Wildman–Crippen LogP) is 1.24. The van der Waals surface area contributed by atoms with Gasteiger partial charge in [-0.25, -0.2) is 8.42 Å². The molecule has 0 aromatic carbocycles. The molecule has 1 heterocycles. The van der Waals surface area contributed by atoms with Crippen LogP contribution in [0.15, 0.2) is 15.7 Å². The second-order valence-electron chi connectivity index (χ2n) is 3.59. The zero-order valence-electron chi connectivity index (χ0n) is 9.10. The summed E-state index contributed by atoms with van der Waals surface area (Å²) >= 11 is 1.22. The van der Waals surface area contributed by atoms with Crippen LogP contribution in [0, 0.1) is 0 Å². The monoisotopic (exact) mass is 248 g/mol. The Bertz CT molecular complexity index is 423. The summed E-state index contributed by atoms with van der Waals surface area (Å²) in [7, 11) is -1.75. The minimum absolute atomic E-state index is 0.0431. The summed E-state index contributed by atoms with van der Waals surface area (Å²) in [5, 5.41) is 1.78. The zero-order valence-corrected chi connectivity index (χ0v) is 10.7. The topological polar surface area (TPSA) is 63.4 Å². The van der Waals surface area contributed by atoms with Crippen LogP contribution < -0.4 is 5.73 Å². The molecular formula is C9H16N2O2S2.